The maximum Gasteiger partial charge on any atom is 0.0592 e. The number of hydrogen-bond acceptors (Lipinski definition) is 4. The molecule has 0 aliphatic rings. The SMILES string of the molecule is CC(O)CC(C)C(C)O.CC(O)CCC(C)(C)O. The van der Waals surface area contributed by atoms with Crippen LogP contribution in [-0.4, -0.2) is 44.3 Å². The zero-order chi connectivity index (χ0) is 14.9. The molecular weight excluding hydrogens is 232 g/mol. The molecule has 0 saturated heterocycles. The minimum atomic E-state index is -0.628. The molecule has 0 aromatic rings. The van der Waals surface area contributed by atoms with Gasteiger partial charge in [0.2, 0.25) is 0 Å². The Kier molecular flexibility index (Phi) is 10.9. The van der Waals surface area contributed by atoms with Crippen LogP contribution in [0, 0.1) is 5.92 Å². The molecule has 4 N–H and O–H groups in total. The Labute approximate surface area is 112 Å². The highest BCUT2D eigenvalue weighted by Gasteiger charge is 2.12. The summed E-state index contributed by atoms with van der Waals surface area (Å²) < 4.78 is 0. The first-order valence-corrected chi connectivity index (χ1v) is 6.72. The Bertz CT molecular complexity index is 183. The summed E-state index contributed by atoms with van der Waals surface area (Å²) in [5, 5.41) is 35.8. The van der Waals surface area contributed by atoms with Crippen LogP contribution in [0.1, 0.15) is 60.8 Å². The number of aliphatic hydroxyl groups excluding tert-OH is 3. The molecule has 112 valence electrons. The van der Waals surface area contributed by atoms with Crippen molar-refractivity contribution in [2.24, 2.45) is 5.92 Å². The molecular formula is C14H32O4. The van der Waals surface area contributed by atoms with Crippen molar-refractivity contribution in [1.29, 1.82) is 0 Å². The van der Waals surface area contributed by atoms with E-state index in [9.17, 15) is 0 Å². The lowest BCUT2D eigenvalue weighted by molar-refractivity contribution is 0.0519. The van der Waals surface area contributed by atoms with Crippen molar-refractivity contribution in [1.82, 2.24) is 0 Å². The van der Waals surface area contributed by atoms with Crippen molar-refractivity contribution in [3.05, 3.63) is 0 Å². The molecule has 18 heavy (non-hydrogen) atoms. The lowest BCUT2D eigenvalue weighted by atomic mass is 10.00. The van der Waals surface area contributed by atoms with Crippen LogP contribution < -0.4 is 0 Å². The molecule has 0 rings (SSSR count). The van der Waals surface area contributed by atoms with E-state index in [-0.39, 0.29) is 24.2 Å². The third kappa shape index (κ3) is 18.2. The molecule has 4 atom stereocenters. The monoisotopic (exact) mass is 264 g/mol. The molecule has 0 saturated carbocycles. The second-order valence-corrected chi connectivity index (χ2v) is 6.00. The predicted molar refractivity (Wildman–Crippen MR) is 74.4 cm³/mol. The first kappa shape index (κ1) is 20.2. The van der Waals surface area contributed by atoms with Gasteiger partial charge in [0.15, 0.2) is 0 Å². The molecule has 4 nitrogen and oxygen atoms in total. The van der Waals surface area contributed by atoms with Gasteiger partial charge in [-0.25, -0.2) is 0 Å². The Balaban J connectivity index is 0. The van der Waals surface area contributed by atoms with E-state index in [1.54, 1.807) is 34.6 Å². The highest BCUT2D eigenvalue weighted by molar-refractivity contribution is 4.65. The van der Waals surface area contributed by atoms with Crippen molar-refractivity contribution >= 4 is 0 Å². The van der Waals surface area contributed by atoms with E-state index in [1.807, 2.05) is 6.92 Å². The lowest BCUT2D eigenvalue weighted by Crippen LogP contribution is -2.20. The van der Waals surface area contributed by atoms with Gasteiger partial charge in [0.1, 0.15) is 0 Å². The smallest absolute Gasteiger partial charge is 0.0592 e. The molecule has 0 spiro atoms. The molecule has 0 fully saturated rings. The zero-order valence-electron chi connectivity index (χ0n) is 12.7. The Morgan fingerprint density at radius 2 is 1.33 bits per heavy atom. The summed E-state index contributed by atoms with van der Waals surface area (Å²) in [5.41, 5.74) is -0.628. The quantitative estimate of drug-likeness (QED) is 0.588. The van der Waals surface area contributed by atoms with E-state index >= 15 is 0 Å². The number of rotatable bonds is 6. The van der Waals surface area contributed by atoms with Gasteiger partial charge in [-0.1, -0.05) is 6.92 Å². The topological polar surface area (TPSA) is 80.9 Å². The standard InChI is InChI=1S/2C7H16O2/c1-6(8)4-5-7(2,3)9;1-5(7(3)9)4-6(2)8/h6,8-9H,4-5H2,1-3H3;5-9H,4H2,1-3H3. The van der Waals surface area contributed by atoms with Gasteiger partial charge in [0, 0.05) is 0 Å². The lowest BCUT2D eigenvalue weighted by Gasteiger charge is -2.17. The number of hydrogen-bond donors (Lipinski definition) is 4. The van der Waals surface area contributed by atoms with Crippen LogP contribution >= 0.6 is 0 Å². The first-order valence-electron chi connectivity index (χ1n) is 6.72. The van der Waals surface area contributed by atoms with E-state index < -0.39 is 5.60 Å². The van der Waals surface area contributed by atoms with E-state index in [0.717, 1.165) is 0 Å². The van der Waals surface area contributed by atoms with Crippen LogP contribution in [0.3, 0.4) is 0 Å². The average Bonchev–Trinajstić information content (AvgIpc) is 2.13. The highest BCUT2D eigenvalue weighted by Crippen LogP contribution is 2.11. The van der Waals surface area contributed by atoms with Crippen molar-refractivity contribution in [2.45, 2.75) is 84.7 Å². The van der Waals surface area contributed by atoms with Crippen LogP contribution in [-0.2, 0) is 0 Å². The van der Waals surface area contributed by atoms with Gasteiger partial charge in [-0.05, 0) is 59.8 Å². The molecule has 0 aromatic heterocycles. The summed E-state index contributed by atoms with van der Waals surface area (Å²) >= 11 is 0. The van der Waals surface area contributed by atoms with Gasteiger partial charge in [-0.2, -0.15) is 0 Å². The molecule has 0 bridgehead atoms. The van der Waals surface area contributed by atoms with Crippen LogP contribution in [0.5, 0.6) is 0 Å². The van der Waals surface area contributed by atoms with Gasteiger partial charge in [-0.15, -0.1) is 0 Å². The van der Waals surface area contributed by atoms with Gasteiger partial charge < -0.3 is 20.4 Å². The fourth-order valence-corrected chi connectivity index (χ4v) is 1.30. The largest absolute Gasteiger partial charge is 0.393 e. The second-order valence-electron chi connectivity index (χ2n) is 6.00. The van der Waals surface area contributed by atoms with Crippen LogP contribution in [0.25, 0.3) is 0 Å². The third-order valence-corrected chi connectivity index (χ3v) is 2.71. The van der Waals surface area contributed by atoms with Crippen LogP contribution in [0.2, 0.25) is 0 Å². The van der Waals surface area contributed by atoms with Crippen molar-refractivity contribution < 1.29 is 20.4 Å². The van der Waals surface area contributed by atoms with Crippen molar-refractivity contribution in [3.8, 4) is 0 Å². The van der Waals surface area contributed by atoms with E-state index in [0.29, 0.717) is 19.3 Å². The molecule has 0 aliphatic heterocycles. The van der Waals surface area contributed by atoms with Crippen LogP contribution in [0.4, 0.5) is 0 Å². The summed E-state index contributed by atoms with van der Waals surface area (Å²) in [4.78, 5) is 0. The molecule has 0 amide bonds. The molecule has 0 heterocycles. The van der Waals surface area contributed by atoms with Crippen molar-refractivity contribution in [3.63, 3.8) is 0 Å². The fourth-order valence-electron chi connectivity index (χ4n) is 1.30. The predicted octanol–water partition coefficient (Wildman–Crippen LogP) is 1.69. The Hall–Kier alpha value is -0.160. The molecule has 0 aromatic carbocycles. The summed E-state index contributed by atoms with van der Waals surface area (Å²) in [7, 11) is 0. The first-order chi connectivity index (χ1) is 7.95. The second kappa shape index (κ2) is 9.73. The minimum absolute atomic E-state index is 0.199. The molecule has 4 unspecified atom stereocenters. The summed E-state index contributed by atoms with van der Waals surface area (Å²) in [5.74, 6) is 0.199. The molecule has 4 heteroatoms. The van der Waals surface area contributed by atoms with E-state index in [1.165, 1.54) is 0 Å². The van der Waals surface area contributed by atoms with Crippen molar-refractivity contribution in [2.75, 3.05) is 0 Å². The summed E-state index contributed by atoms with van der Waals surface area (Å²) in [6, 6.07) is 0. The highest BCUT2D eigenvalue weighted by atomic mass is 16.3. The van der Waals surface area contributed by atoms with Gasteiger partial charge >= 0.3 is 0 Å². The fraction of sp³-hybridized carbons (Fsp3) is 1.00. The minimum Gasteiger partial charge on any atom is -0.393 e. The maximum atomic E-state index is 9.16. The molecule has 0 aliphatic carbocycles. The summed E-state index contributed by atoms with van der Waals surface area (Å²) in [6.07, 6.45) is 1.11. The Morgan fingerprint density at radius 1 is 0.889 bits per heavy atom. The normalized spacial score (nSPS) is 18.3. The van der Waals surface area contributed by atoms with E-state index in [4.69, 9.17) is 20.4 Å². The average molecular weight is 264 g/mol. The molecule has 0 radical (unpaired) electrons. The summed E-state index contributed by atoms with van der Waals surface area (Å²) in [6.45, 7) is 10.6. The Morgan fingerprint density at radius 3 is 1.44 bits per heavy atom. The van der Waals surface area contributed by atoms with Gasteiger partial charge in [-0.3, -0.25) is 0 Å². The van der Waals surface area contributed by atoms with Gasteiger partial charge in [0.05, 0.1) is 23.9 Å². The third-order valence-electron chi connectivity index (χ3n) is 2.71. The maximum absolute atomic E-state index is 9.16. The number of aliphatic hydroxyl groups is 4. The van der Waals surface area contributed by atoms with Crippen LogP contribution in [0.15, 0.2) is 0 Å². The van der Waals surface area contributed by atoms with Gasteiger partial charge in [0.25, 0.3) is 0 Å². The zero-order valence-corrected chi connectivity index (χ0v) is 12.7. The van der Waals surface area contributed by atoms with E-state index in [2.05, 4.69) is 0 Å².